The van der Waals surface area contributed by atoms with E-state index in [0.717, 1.165) is 25.2 Å². The molecule has 0 N–H and O–H groups in total. The number of ketones is 1. The first-order valence-corrected chi connectivity index (χ1v) is 4.72. The summed E-state index contributed by atoms with van der Waals surface area (Å²) in [6, 6.07) is 0. The van der Waals surface area contributed by atoms with E-state index in [1.807, 2.05) is 0 Å². The van der Waals surface area contributed by atoms with Gasteiger partial charge in [0, 0.05) is 6.42 Å². The molecule has 0 amide bonds. The van der Waals surface area contributed by atoms with Gasteiger partial charge in [-0.1, -0.05) is 0 Å². The normalized spacial score (nSPS) is 37.6. The van der Waals surface area contributed by atoms with Crippen LogP contribution in [0.2, 0.25) is 0 Å². The molecule has 2 aliphatic rings. The molecule has 2 atom stereocenters. The molecule has 2 aliphatic carbocycles. The lowest BCUT2D eigenvalue weighted by molar-refractivity contribution is -0.127. The van der Waals surface area contributed by atoms with Crippen LogP contribution in [-0.2, 0) is 4.79 Å². The number of carbonyl (C=O) groups is 1. The highest BCUT2D eigenvalue weighted by molar-refractivity contribution is 5.82. The van der Waals surface area contributed by atoms with Crippen molar-refractivity contribution in [2.75, 3.05) is 0 Å². The van der Waals surface area contributed by atoms with Crippen LogP contribution in [0.25, 0.3) is 0 Å². The fourth-order valence-electron chi connectivity index (χ4n) is 2.49. The third-order valence-electron chi connectivity index (χ3n) is 3.14. The van der Waals surface area contributed by atoms with Gasteiger partial charge in [0.05, 0.1) is 25.2 Å². The van der Waals surface area contributed by atoms with Crippen molar-refractivity contribution in [3.8, 4) is 0 Å². The quantitative estimate of drug-likeness (QED) is 0.486. The number of fused-ring (bicyclic) bond motifs is 1. The van der Waals surface area contributed by atoms with Crippen molar-refractivity contribution in [2.24, 2.45) is 11.8 Å². The van der Waals surface area contributed by atoms with Gasteiger partial charge in [0.2, 0.25) is 0 Å². The van der Waals surface area contributed by atoms with Crippen molar-refractivity contribution in [1.29, 1.82) is 0 Å². The predicted molar refractivity (Wildman–Crippen MR) is 44.0 cm³/mol. The lowest BCUT2D eigenvalue weighted by Crippen LogP contribution is -2.31. The highest BCUT2D eigenvalue weighted by Gasteiger charge is 2.36. The van der Waals surface area contributed by atoms with Crippen molar-refractivity contribution in [2.45, 2.75) is 38.5 Å². The van der Waals surface area contributed by atoms with Gasteiger partial charge in [-0.05, 0) is 25.2 Å². The van der Waals surface area contributed by atoms with Crippen LogP contribution in [0, 0.1) is 18.3 Å². The summed E-state index contributed by atoms with van der Waals surface area (Å²) in [6.45, 7) is 0. The van der Waals surface area contributed by atoms with Crippen LogP contribution in [-0.4, -0.2) is 5.78 Å². The minimum absolute atomic E-state index is 0.428. The molecule has 1 heteroatoms. The molecule has 0 aliphatic heterocycles. The van der Waals surface area contributed by atoms with Gasteiger partial charge in [-0.2, -0.15) is 0 Å². The summed E-state index contributed by atoms with van der Waals surface area (Å²) in [4.78, 5) is 11.4. The zero-order valence-electron chi connectivity index (χ0n) is 6.88. The van der Waals surface area contributed by atoms with E-state index in [9.17, 15) is 4.79 Å². The molecule has 0 saturated heterocycles. The molecule has 0 aromatic carbocycles. The van der Waals surface area contributed by atoms with Crippen LogP contribution < -0.4 is 0 Å². The van der Waals surface area contributed by atoms with Gasteiger partial charge in [0.15, 0.2) is 0 Å². The molecule has 0 spiro atoms. The fourth-order valence-corrected chi connectivity index (χ4v) is 2.49. The van der Waals surface area contributed by atoms with Crippen LogP contribution in [0.1, 0.15) is 38.5 Å². The third kappa shape index (κ3) is 1.29. The van der Waals surface area contributed by atoms with Crippen LogP contribution >= 0.6 is 0 Å². The second-order valence-electron chi connectivity index (χ2n) is 3.83. The summed E-state index contributed by atoms with van der Waals surface area (Å²) in [7, 11) is 0. The Labute approximate surface area is 68.2 Å². The summed E-state index contributed by atoms with van der Waals surface area (Å²) >= 11 is 0. The second kappa shape index (κ2) is 2.88. The molecule has 0 heterocycles. The van der Waals surface area contributed by atoms with Gasteiger partial charge in [-0.3, -0.25) is 4.79 Å². The number of hydrogen-bond donors (Lipinski definition) is 0. The van der Waals surface area contributed by atoms with Crippen LogP contribution in [0.15, 0.2) is 0 Å². The summed E-state index contributed by atoms with van der Waals surface area (Å²) in [5.74, 6) is 1.72. The molecule has 11 heavy (non-hydrogen) atoms. The first kappa shape index (κ1) is 7.20. The molecule has 60 valence electrons. The second-order valence-corrected chi connectivity index (χ2v) is 3.83. The zero-order valence-corrected chi connectivity index (χ0v) is 6.88. The molecule has 2 fully saturated rings. The Hall–Kier alpha value is -0.460. The van der Waals surface area contributed by atoms with Crippen molar-refractivity contribution >= 4 is 5.78 Å². The molecule has 0 radical (unpaired) electrons. The molecular formula is C10H15O+. The van der Waals surface area contributed by atoms with Gasteiger partial charge in [0.1, 0.15) is 5.78 Å². The van der Waals surface area contributed by atoms with Gasteiger partial charge >= 0.3 is 0 Å². The monoisotopic (exact) mass is 151 g/mol. The standard InChI is InChI=1S/C10H15O/c11-10-7-3-5-8-4-1-2-6-9(8)10/h2,8-9H,1,3-7H2/q+1/t8-,9-/m1/s1. The summed E-state index contributed by atoms with van der Waals surface area (Å²) < 4.78 is 0. The van der Waals surface area contributed by atoms with E-state index in [1.54, 1.807) is 0 Å². The van der Waals surface area contributed by atoms with Crippen molar-refractivity contribution in [3.63, 3.8) is 0 Å². The SMILES string of the molecule is O=C1CCC[C@H]2CC[CH+]C[C@@H]12. The van der Waals surface area contributed by atoms with Gasteiger partial charge in [-0.15, -0.1) is 0 Å². The van der Waals surface area contributed by atoms with E-state index >= 15 is 0 Å². The van der Waals surface area contributed by atoms with E-state index in [4.69, 9.17) is 0 Å². The summed E-state index contributed by atoms with van der Waals surface area (Å²) in [6.07, 6.45) is 9.21. The highest BCUT2D eigenvalue weighted by Crippen LogP contribution is 2.37. The van der Waals surface area contributed by atoms with E-state index in [0.29, 0.717) is 11.7 Å². The minimum atomic E-state index is 0.428. The smallest absolute Gasteiger partial charge is 0.140 e. The topological polar surface area (TPSA) is 17.1 Å². The molecule has 2 saturated carbocycles. The Morgan fingerprint density at radius 1 is 1.36 bits per heavy atom. The van der Waals surface area contributed by atoms with E-state index in [-0.39, 0.29) is 0 Å². The zero-order chi connectivity index (χ0) is 7.68. The van der Waals surface area contributed by atoms with Crippen molar-refractivity contribution in [1.82, 2.24) is 0 Å². The minimum Gasteiger partial charge on any atom is -0.299 e. The van der Waals surface area contributed by atoms with Crippen LogP contribution in [0.3, 0.4) is 0 Å². The third-order valence-corrected chi connectivity index (χ3v) is 3.14. The number of Topliss-reactive ketones (excluding diaryl/α,β-unsaturated/α-hetero) is 1. The molecular weight excluding hydrogens is 136 g/mol. The molecule has 0 aromatic rings. The molecule has 1 nitrogen and oxygen atoms in total. The van der Waals surface area contributed by atoms with Crippen LogP contribution in [0.5, 0.6) is 0 Å². The van der Waals surface area contributed by atoms with Crippen molar-refractivity contribution < 1.29 is 4.79 Å². The average molecular weight is 151 g/mol. The lowest BCUT2D eigenvalue weighted by Gasteiger charge is -2.30. The lowest BCUT2D eigenvalue weighted by atomic mass is 9.70. The van der Waals surface area contributed by atoms with Crippen molar-refractivity contribution in [3.05, 3.63) is 6.42 Å². The number of rotatable bonds is 0. The van der Waals surface area contributed by atoms with Gasteiger partial charge in [0.25, 0.3) is 0 Å². The first-order chi connectivity index (χ1) is 5.38. The largest absolute Gasteiger partial charge is 0.299 e. The fraction of sp³-hybridized carbons (Fsp3) is 0.800. The highest BCUT2D eigenvalue weighted by atomic mass is 16.1. The summed E-state index contributed by atoms with van der Waals surface area (Å²) in [5.41, 5.74) is 0. The maximum atomic E-state index is 11.4. The summed E-state index contributed by atoms with van der Waals surface area (Å²) in [5, 5.41) is 0. The van der Waals surface area contributed by atoms with Crippen LogP contribution in [0.4, 0.5) is 0 Å². The van der Waals surface area contributed by atoms with E-state index in [2.05, 4.69) is 6.42 Å². The molecule has 0 bridgehead atoms. The van der Waals surface area contributed by atoms with Gasteiger partial charge in [-0.25, -0.2) is 0 Å². The maximum absolute atomic E-state index is 11.4. The Balaban J connectivity index is 2.05. The Bertz CT molecular complexity index is 160. The number of carbonyl (C=O) groups excluding carboxylic acids is 1. The number of hydrogen-bond acceptors (Lipinski definition) is 1. The average Bonchev–Trinajstić information content (AvgIpc) is 2.06. The molecule has 0 unspecified atom stereocenters. The van der Waals surface area contributed by atoms with E-state index < -0.39 is 0 Å². The molecule has 0 aromatic heterocycles. The predicted octanol–water partition coefficient (Wildman–Crippen LogP) is 2.36. The first-order valence-electron chi connectivity index (χ1n) is 4.72. The Morgan fingerprint density at radius 2 is 2.27 bits per heavy atom. The van der Waals surface area contributed by atoms with E-state index in [1.165, 1.54) is 19.3 Å². The molecule has 2 rings (SSSR count). The maximum Gasteiger partial charge on any atom is 0.140 e. The Kier molecular flexibility index (Phi) is 1.89. The Morgan fingerprint density at radius 3 is 3.09 bits per heavy atom. The van der Waals surface area contributed by atoms with Gasteiger partial charge < -0.3 is 0 Å².